The molecule has 2 saturated heterocycles. The second kappa shape index (κ2) is 5.77. The zero-order valence-electron chi connectivity index (χ0n) is 12.4. The summed E-state index contributed by atoms with van der Waals surface area (Å²) in [6.07, 6.45) is 2.72. The molecule has 2 aliphatic heterocycles. The van der Waals surface area contributed by atoms with Gasteiger partial charge in [-0.15, -0.1) is 0 Å². The second-order valence-electron chi connectivity index (χ2n) is 6.24. The number of likely N-dealkylation sites (tertiary alicyclic amines) is 1. The molecular formula is C14H27N3O2. The molecule has 1 atom stereocenters. The maximum Gasteiger partial charge on any atom is 0.245 e. The molecule has 2 rings (SSSR count). The molecular weight excluding hydrogens is 242 g/mol. The first-order valence-corrected chi connectivity index (χ1v) is 7.32. The Bertz CT molecular complexity index is 319. The molecule has 2 heterocycles. The van der Waals surface area contributed by atoms with Gasteiger partial charge in [0.25, 0.3) is 0 Å². The van der Waals surface area contributed by atoms with Gasteiger partial charge in [0.2, 0.25) is 5.91 Å². The van der Waals surface area contributed by atoms with Gasteiger partial charge in [0.05, 0.1) is 6.61 Å². The summed E-state index contributed by atoms with van der Waals surface area (Å²) in [6.45, 7) is 7.53. The van der Waals surface area contributed by atoms with Crippen LogP contribution >= 0.6 is 0 Å². The predicted octanol–water partition coefficient (Wildman–Crippen LogP) is 0.435. The minimum Gasteiger partial charge on any atom is -0.379 e. The number of amides is 1. The number of hydrogen-bond acceptors (Lipinski definition) is 4. The van der Waals surface area contributed by atoms with E-state index in [0.29, 0.717) is 31.7 Å². The zero-order chi connectivity index (χ0) is 14.0. The van der Waals surface area contributed by atoms with Gasteiger partial charge in [-0.3, -0.25) is 4.79 Å². The van der Waals surface area contributed by atoms with E-state index < -0.39 is 5.54 Å². The first-order chi connectivity index (χ1) is 8.94. The topological polar surface area (TPSA) is 58.8 Å². The molecule has 5 heteroatoms. The Labute approximate surface area is 116 Å². The Morgan fingerprint density at radius 2 is 2.05 bits per heavy atom. The zero-order valence-corrected chi connectivity index (χ0v) is 12.4. The average Bonchev–Trinajstić information content (AvgIpc) is 2.85. The summed E-state index contributed by atoms with van der Waals surface area (Å²) in [5.74, 6) is 0.0491. The lowest BCUT2D eigenvalue weighted by molar-refractivity contribution is -0.138. The van der Waals surface area contributed by atoms with Crippen LogP contribution in [0.4, 0.5) is 0 Å². The maximum absolute atomic E-state index is 12.5. The van der Waals surface area contributed by atoms with Gasteiger partial charge in [0.1, 0.15) is 5.54 Å². The fourth-order valence-corrected chi connectivity index (χ4v) is 3.06. The third kappa shape index (κ3) is 3.09. The van der Waals surface area contributed by atoms with Crippen molar-refractivity contribution in [1.29, 1.82) is 0 Å². The van der Waals surface area contributed by atoms with Crippen molar-refractivity contribution in [2.24, 2.45) is 5.73 Å². The van der Waals surface area contributed by atoms with Gasteiger partial charge in [-0.25, -0.2) is 0 Å². The molecule has 0 aromatic rings. The molecule has 0 aliphatic carbocycles. The Hall–Kier alpha value is -0.650. The normalized spacial score (nSPS) is 29.9. The van der Waals surface area contributed by atoms with Crippen LogP contribution < -0.4 is 5.73 Å². The van der Waals surface area contributed by atoms with Crippen molar-refractivity contribution in [3.8, 4) is 0 Å². The van der Waals surface area contributed by atoms with Crippen molar-refractivity contribution in [2.75, 3.05) is 33.4 Å². The molecule has 1 unspecified atom stereocenters. The van der Waals surface area contributed by atoms with E-state index in [1.807, 2.05) is 11.9 Å². The highest BCUT2D eigenvalue weighted by molar-refractivity contribution is 5.86. The molecule has 19 heavy (non-hydrogen) atoms. The van der Waals surface area contributed by atoms with Crippen molar-refractivity contribution in [3.63, 3.8) is 0 Å². The molecule has 0 radical (unpaired) electrons. The first kappa shape index (κ1) is 14.8. The summed E-state index contributed by atoms with van der Waals surface area (Å²) in [5.41, 5.74) is 5.37. The van der Waals surface area contributed by atoms with E-state index in [4.69, 9.17) is 10.5 Å². The minimum atomic E-state index is -0.788. The lowest BCUT2D eigenvalue weighted by atomic mass is 9.95. The molecule has 0 spiro atoms. The number of ether oxygens (including phenoxy) is 1. The highest BCUT2D eigenvalue weighted by Crippen LogP contribution is 2.23. The summed E-state index contributed by atoms with van der Waals surface area (Å²) < 4.78 is 5.29. The Morgan fingerprint density at radius 1 is 1.42 bits per heavy atom. The molecule has 0 bridgehead atoms. The van der Waals surface area contributed by atoms with Crippen molar-refractivity contribution in [1.82, 2.24) is 9.80 Å². The highest BCUT2D eigenvalue weighted by Gasteiger charge is 2.42. The van der Waals surface area contributed by atoms with Crippen LogP contribution in [0.5, 0.6) is 0 Å². The van der Waals surface area contributed by atoms with E-state index in [9.17, 15) is 4.79 Å². The van der Waals surface area contributed by atoms with E-state index in [2.05, 4.69) is 18.7 Å². The molecule has 2 aliphatic rings. The Kier molecular flexibility index (Phi) is 4.48. The fourth-order valence-electron chi connectivity index (χ4n) is 3.06. The number of carbonyl (C=O) groups excluding carboxylic acids is 1. The van der Waals surface area contributed by atoms with E-state index in [-0.39, 0.29) is 5.91 Å². The number of hydrogen-bond donors (Lipinski definition) is 1. The van der Waals surface area contributed by atoms with Crippen LogP contribution in [0.3, 0.4) is 0 Å². The predicted molar refractivity (Wildman–Crippen MR) is 74.9 cm³/mol. The quantitative estimate of drug-likeness (QED) is 0.807. The van der Waals surface area contributed by atoms with Crippen LogP contribution in [0, 0.1) is 0 Å². The van der Waals surface area contributed by atoms with Gasteiger partial charge >= 0.3 is 0 Å². The van der Waals surface area contributed by atoms with Crippen molar-refractivity contribution in [2.45, 2.75) is 50.7 Å². The average molecular weight is 269 g/mol. The standard InChI is InChI=1S/C14H27N3O2/c1-11(2)17-7-4-12(5-8-17)16(3)13(18)14(15)6-9-19-10-14/h11-12H,4-10,15H2,1-3H3. The third-order valence-corrected chi connectivity index (χ3v) is 4.58. The van der Waals surface area contributed by atoms with Crippen molar-refractivity contribution in [3.05, 3.63) is 0 Å². The van der Waals surface area contributed by atoms with Gasteiger partial charge in [-0.1, -0.05) is 0 Å². The molecule has 0 aromatic carbocycles. The minimum absolute atomic E-state index is 0.0491. The Morgan fingerprint density at radius 3 is 2.53 bits per heavy atom. The first-order valence-electron chi connectivity index (χ1n) is 7.32. The van der Waals surface area contributed by atoms with Gasteiger partial charge in [0.15, 0.2) is 0 Å². The molecule has 2 N–H and O–H groups in total. The lowest BCUT2D eigenvalue weighted by Gasteiger charge is -2.40. The molecule has 5 nitrogen and oxygen atoms in total. The van der Waals surface area contributed by atoms with Crippen LogP contribution in [0.1, 0.15) is 33.1 Å². The van der Waals surface area contributed by atoms with Crippen LogP contribution in [0.25, 0.3) is 0 Å². The maximum atomic E-state index is 12.5. The Balaban J connectivity index is 1.90. The molecule has 2 fully saturated rings. The number of rotatable bonds is 3. The number of nitrogens with zero attached hydrogens (tertiary/aromatic N) is 2. The summed E-state index contributed by atoms with van der Waals surface area (Å²) in [4.78, 5) is 16.8. The van der Waals surface area contributed by atoms with E-state index >= 15 is 0 Å². The fraction of sp³-hybridized carbons (Fsp3) is 0.929. The van der Waals surface area contributed by atoms with Crippen LogP contribution in [-0.2, 0) is 9.53 Å². The van der Waals surface area contributed by atoms with E-state index in [1.54, 1.807) is 0 Å². The largest absolute Gasteiger partial charge is 0.379 e. The van der Waals surface area contributed by atoms with E-state index in [0.717, 1.165) is 25.9 Å². The molecule has 1 amide bonds. The second-order valence-corrected chi connectivity index (χ2v) is 6.24. The number of piperidine rings is 1. The summed E-state index contributed by atoms with van der Waals surface area (Å²) in [6, 6.07) is 0.912. The smallest absolute Gasteiger partial charge is 0.245 e. The molecule has 0 aromatic heterocycles. The molecule has 0 saturated carbocycles. The number of nitrogens with two attached hydrogens (primary N) is 1. The van der Waals surface area contributed by atoms with Crippen LogP contribution in [-0.4, -0.2) is 66.7 Å². The van der Waals surface area contributed by atoms with Crippen molar-refractivity contribution < 1.29 is 9.53 Å². The van der Waals surface area contributed by atoms with Crippen LogP contribution in [0.2, 0.25) is 0 Å². The van der Waals surface area contributed by atoms with E-state index in [1.165, 1.54) is 0 Å². The number of likely N-dealkylation sites (N-methyl/N-ethyl adjacent to an activating group) is 1. The molecule has 110 valence electrons. The SMILES string of the molecule is CC(C)N1CCC(N(C)C(=O)C2(N)CCOC2)CC1. The van der Waals surface area contributed by atoms with Gasteiger partial charge in [0, 0.05) is 38.8 Å². The lowest BCUT2D eigenvalue weighted by Crippen LogP contribution is -2.58. The highest BCUT2D eigenvalue weighted by atomic mass is 16.5. The van der Waals surface area contributed by atoms with Gasteiger partial charge in [-0.2, -0.15) is 0 Å². The van der Waals surface area contributed by atoms with Gasteiger partial charge in [-0.05, 0) is 33.1 Å². The summed E-state index contributed by atoms with van der Waals surface area (Å²) >= 11 is 0. The summed E-state index contributed by atoms with van der Waals surface area (Å²) in [5, 5.41) is 0. The summed E-state index contributed by atoms with van der Waals surface area (Å²) in [7, 11) is 1.89. The monoisotopic (exact) mass is 269 g/mol. The van der Waals surface area contributed by atoms with Crippen LogP contribution in [0.15, 0.2) is 0 Å². The number of carbonyl (C=O) groups is 1. The third-order valence-electron chi connectivity index (χ3n) is 4.58. The van der Waals surface area contributed by atoms with Gasteiger partial charge < -0.3 is 20.3 Å². The van der Waals surface area contributed by atoms with Crippen molar-refractivity contribution >= 4 is 5.91 Å².